The minimum atomic E-state index is -0.527. The lowest BCUT2D eigenvalue weighted by atomic mass is 9.90. The Hall–Kier alpha value is -1.74. The number of halogens is 2. The third-order valence-electron chi connectivity index (χ3n) is 3.79. The molecule has 1 nitrogen and oxygen atoms in total. The van der Waals surface area contributed by atoms with Crippen LogP contribution in [0.1, 0.15) is 16.7 Å². The summed E-state index contributed by atoms with van der Waals surface area (Å²) in [6, 6.07) is 12.1. The summed E-state index contributed by atoms with van der Waals surface area (Å²) in [7, 11) is 1.89. The van der Waals surface area contributed by atoms with Crippen LogP contribution in [0.5, 0.6) is 0 Å². The molecule has 0 aliphatic rings. The fraction of sp³-hybridized carbons (Fsp3) is 0.333. The average molecular weight is 289 g/mol. The maximum Gasteiger partial charge on any atom is 0.129 e. The van der Waals surface area contributed by atoms with E-state index in [0.717, 1.165) is 19.0 Å². The highest BCUT2D eigenvalue weighted by atomic mass is 19.1. The molecule has 2 aromatic rings. The van der Waals surface area contributed by atoms with E-state index in [4.69, 9.17) is 0 Å². The lowest BCUT2D eigenvalue weighted by Gasteiger charge is -2.18. The SMILES string of the molecule is CNCC(Cc1ccccc1C)Cc1ccc(F)cc1F. The highest BCUT2D eigenvalue weighted by Gasteiger charge is 2.14. The summed E-state index contributed by atoms with van der Waals surface area (Å²) in [5.74, 6) is -0.711. The van der Waals surface area contributed by atoms with Crippen molar-refractivity contribution in [2.75, 3.05) is 13.6 Å². The van der Waals surface area contributed by atoms with Crippen LogP contribution in [0.25, 0.3) is 0 Å². The summed E-state index contributed by atoms with van der Waals surface area (Å²) in [5.41, 5.74) is 3.10. The van der Waals surface area contributed by atoms with Crippen LogP contribution in [0, 0.1) is 24.5 Å². The molecule has 2 aromatic carbocycles. The van der Waals surface area contributed by atoms with Crippen molar-refractivity contribution in [2.45, 2.75) is 19.8 Å². The molecule has 21 heavy (non-hydrogen) atoms. The van der Waals surface area contributed by atoms with Crippen molar-refractivity contribution in [3.63, 3.8) is 0 Å². The second-order valence-electron chi connectivity index (χ2n) is 5.49. The van der Waals surface area contributed by atoms with Gasteiger partial charge in [-0.25, -0.2) is 8.78 Å². The smallest absolute Gasteiger partial charge is 0.129 e. The number of benzene rings is 2. The third-order valence-corrected chi connectivity index (χ3v) is 3.79. The first kappa shape index (κ1) is 15.6. The summed E-state index contributed by atoms with van der Waals surface area (Å²) in [5, 5.41) is 3.16. The molecule has 0 saturated heterocycles. The zero-order valence-electron chi connectivity index (χ0n) is 12.5. The van der Waals surface area contributed by atoms with E-state index in [1.54, 1.807) is 6.07 Å². The lowest BCUT2D eigenvalue weighted by Crippen LogP contribution is -2.23. The standard InChI is InChI=1S/C18H21F2N/c1-13-5-3-4-6-15(13)9-14(12-21-2)10-16-7-8-17(19)11-18(16)20/h3-8,11,14,21H,9-10,12H2,1-2H3. The van der Waals surface area contributed by atoms with Gasteiger partial charge in [-0.05, 0) is 62.0 Å². The van der Waals surface area contributed by atoms with E-state index in [9.17, 15) is 8.78 Å². The highest BCUT2D eigenvalue weighted by molar-refractivity contribution is 5.27. The Morgan fingerprint density at radius 2 is 1.71 bits per heavy atom. The molecule has 0 fully saturated rings. The Morgan fingerprint density at radius 1 is 1.00 bits per heavy atom. The molecule has 0 aliphatic carbocycles. The van der Waals surface area contributed by atoms with Crippen LogP contribution in [-0.2, 0) is 12.8 Å². The first-order chi connectivity index (χ1) is 10.1. The molecule has 0 aromatic heterocycles. The number of hydrogen-bond donors (Lipinski definition) is 1. The summed E-state index contributed by atoms with van der Waals surface area (Å²) < 4.78 is 26.8. The van der Waals surface area contributed by atoms with Gasteiger partial charge in [-0.15, -0.1) is 0 Å². The van der Waals surface area contributed by atoms with E-state index >= 15 is 0 Å². The highest BCUT2D eigenvalue weighted by Crippen LogP contribution is 2.19. The van der Waals surface area contributed by atoms with Crippen molar-refractivity contribution in [2.24, 2.45) is 5.92 Å². The van der Waals surface area contributed by atoms with E-state index < -0.39 is 11.6 Å². The molecule has 1 N–H and O–H groups in total. The quantitative estimate of drug-likeness (QED) is 0.850. The number of aryl methyl sites for hydroxylation is 1. The molecule has 0 aliphatic heterocycles. The molecule has 0 heterocycles. The van der Waals surface area contributed by atoms with Gasteiger partial charge in [-0.3, -0.25) is 0 Å². The third kappa shape index (κ3) is 4.36. The summed E-state index contributed by atoms with van der Waals surface area (Å²) in [4.78, 5) is 0. The first-order valence-electron chi connectivity index (χ1n) is 7.23. The maximum atomic E-state index is 13.8. The Bertz CT molecular complexity index is 596. The fourth-order valence-corrected chi connectivity index (χ4v) is 2.65. The molecular weight excluding hydrogens is 268 g/mol. The van der Waals surface area contributed by atoms with E-state index in [1.807, 2.05) is 19.2 Å². The van der Waals surface area contributed by atoms with Crippen LogP contribution in [0.2, 0.25) is 0 Å². The van der Waals surface area contributed by atoms with Gasteiger partial charge in [0.25, 0.3) is 0 Å². The molecule has 0 spiro atoms. The van der Waals surface area contributed by atoms with Gasteiger partial charge in [-0.2, -0.15) is 0 Å². The van der Waals surface area contributed by atoms with Gasteiger partial charge in [0.15, 0.2) is 0 Å². The maximum absolute atomic E-state index is 13.8. The van der Waals surface area contributed by atoms with Crippen molar-refractivity contribution in [3.8, 4) is 0 Å². The lowest BCUT2D eigenvalue weighted by molar-refractivity contribution is 0.476. The minimum Gasteiger partial charge on any atom is -0.319 e. The van der Waals surface area contributed by atoms with Gasteiger partial charge >= 0.3 is 0 Å². The monoisotopic (exact) mass is 289 g/mol. The van der Waals surface area contributed by atoms with E-state index in [1.165, 1.54) is 17.2 Å². The molecule has 112 valence electrons. The molecule has 2 rings (SSSR count). The number of hydrogen-bond acceptors (Lipinski definition) is 1. The van der Waals surface area contributed by atoms with E-state index in [0.29, 0.717) is 12.0 Å². The van der Waals surface area contributed by atoms with Gasteiger partial charge in [0, 0.05) is 6.07 Å². The Kier molecular flexibility index (Phi) is 5.45. The van der Waals surface area contributed by atoms with Crippen LogP contribution in [0.3, 0.4) is 0 Å². The van der Waals surface area contributed by atoms with Crippen molar-refractivity contribution in [1.29, 1.82) is 0 Å². The van der Waals surface area contributed by atoms with Crippen molar-refractivity contribution < 1.29 is 8.78 Å². The molecule has 1 atom stereocenters. The topological polar surface area (TPSA) is 12.0 Å². The molecule has 1 unspecified atom stereocenters. The molecule has 0 bridgehead atoms. The largest absolute Gasteiger partial charge is 0.319 e. The summed E-state index contributed by atoms with van der Waals surface area (Å²) in [6.45, 7) is 2.88. The zero-order chi connectivity index (χ0) is 15.2. The van der Waals surface area contributed by atoms with Crippen molar-refractivity contribution in [1.82, 2.24) is 5.32 Å². The second kappa shape index (κ2) is 7.32. The fourth-order valence-electron chi connectivity index (χ4n) is 2.65. The summed E-state index contributed by atoms with van der Waals surface area (Å²) in [6.07, 6.45) is 1.48. The molecule has 3 heteroatoms. The Balaban J connectivity index is 2.14. The van der Waals surface area contributed by atoms with Gasteiger partial charge in [-0.1, -0.05) is 30.3 Å². The normalized spacial score (nSPS) is 12.4. The molecule has 0 radical (unpaired) electrons. The number of nitrogens with one attached hydrogen (secondary N) is 1. The van der Waals surface area contributed by atoms with Crippen LogP contribution in [-0.4, -0.2) is 13.6 Å². The Morgan fingerprint density at radius 3 is 2.38 bits per heavy atom. The minimum absolute atomic E-state index is 0.274. The van der Waals surface area contributed by atoms with Crippen LogP contribution < -0.4 is 5.32 Å². The second-order valence-corrected chi connectivity index (χ2v) is 5.49. The van der Waals surface area contributed by atoms with Gasteiger partial charge < -0.3 is 5.32 Å². The molecule has 0 saturated carbocycles. The molecular formula is C18H21F2N. The van der Waals surface area contributed by atoms with Gasteiger partial charge in [0.2, 0.25) is 0 Å². The summed E-state index contributed by atoms with van der Waals surface area (Å²) >= 11 is 0. The number of rotatable bonds is 6. The van der Waals surface area contributed by atoms with E-state index in [2.05, 4.69) is 24.4 Å². The first-order valence-corrected chi connectivity index (χ1v) is 7.23. The predicted molar refractivity (Wildman–Crippen MR) is 82.4 cm³/mol. The van der Waals surface area contributed by atoms with Gasteiger partial charge in [0.05, 0.1) is 0 Å². The van der Waals surface area contributed by atoms with E-state index in [-0.39, 0.29) is 5.92 Å². The van der Waals surface area contributed by atoms with Crippen LogP contribution >= 0.6 is 0 Å². The molecule has 0 amide bonds. The Labute approximate surface area is 125 Å². The van der Waals surface area contributed by atoms with Crippen molar-refractivity contribution in [3.05, 3.63) is 70.8 Å². The van der Waals surface area contributed by atoms with Gasteiger partial charge in [0.1, 0.15) is 11.6 Å². The predicted octanol–water partition coefficient (Wildman–Crippen LogP) is 3.89. The zero-order valence-corrected chi connectivity index (χ0v) is 12.5. The van der Waals surface area contributed by atoms with Crippen molar-refractivity contribution >= 4 is 0 Å². The average Bonchev–Trinajstić information content (AvgIpc) is 2.44. The van der Waals surface area contributed by atoms with Crippen LogP contribution in [0.4, 0.5) is 8.78 Å². The van der Waals surface area contributed by atoms with Crippen LogP contribution in [0.15, 0.2) is 42.5 Å².